The number of carbonyl (C=O) groups is 1. The fourth-order valence-electron chi connectivity index (χ4n) is 1.88. The molecule has 100 valence electrons. The zero-order chi connectivity index (χ0) is 13.0. The number of aromatic nitrogens is 2. The van der Waals surface area contributed by atoms with E-state index < -0.39 is 0 Å². The molecule has 1 aromatic heterocycles. The van der Waals surface area contributed by atoms with Crippen molar-refractivity contribution in [2.75, 3.05) is 25.4 Å². The Kier molecular flexibility index (Phi) is 4.32. The predicted octanol–water partition coefficient (Wildman–Crippen LogP) is 0.441. The van der Waals surface area contributed by atoms with E-state index in [0.29, 0.717) is 24.8 Å². The first-order chi connectivity index (χ1) is 8.69. The topological polar surface area (TPSA) is 93.4 Å². The number of nitrogen functional groups attached to an aromatic ring is 1. The molecule has 1 aromatic rings. The highest BCUT2D eigenvalue weighted by Crippen LogP contribution is 2.14. The van der Waals surface area contributed by atoms with Crippen molar-refractivity contribution in [1.82, 2.24) is 20.4 Å². The molecule has 0 bridgehead atoms. The van der Waals surface area contributed by atoms with Crippen LogP contribution in [0, 0.1) is 0 Å². The second-order valence-corrected chi connectivity index (χ2v) is 5.14. The Labute approximate surface area is 109 Å². The van der Waals surface area contributed by atoms with Gasteiger partial charge in [-0.3, -0.25) is 0 Å². The number of ether oxygens (including phenoxy) is 1. The molecule has 2 rings (SSSR count). The standard InChI is InChI=1S/C10H17N5O2S/c1-2-17-10(16)15-4-3-7(6-15)12-5-8-13-14-9(11)18-8/h7,12H,2-6H2,1H3,(H2,11,14)/t7-/m1/s1. The number of carbonyl (C=O) groups excluding carboxylic acids is 1. The van der Waals surface area contributed by atoms with Gasteiger partial charge >= 0.3 is 6.09 Å². The molecule has 0 aromatic carbocycles. The lowest BCUT2D eigenvalue weighted by atomic mass is 10.3. The molecule has 0 saturated carbocycles. The third-order valence-electron chi connectivity index (χ3n) is 2.74. The third kappa shape index (κ3) is 3.30. The first-order valence-corrected chi connectivity index (χ1v) is 6.73. The normalized spacial score (nSPS) is 19.2. The van der Waals surface area contributed by atoms with Crippen molar-refractivity contribution >= 4 is 22.6 Å². The van der Waals surface area contributed by atoms with Gasteiger partial charge in [0.05, 0.1) is 13.2 Å². The summed E-state index contributed by atoms with van der Waals surface area (Å²) in [7, 11) is 0. The average Bonchev–Trinajstić information content (AvgIpc) is 2.95. The van der Waals surface area contributed by atoms with Crippen molar-refractivity contribution in [2.45, 2.75) is 25.9 Å². The Morgan fingerprint density at radius 1 is 1.67 bits per heavy atom. The molecule has 1 aliphatic rings. The zero-order valence-corrected chi connectivity index (χ0v) is 11.1. The molecule has 0 radical (unpaired) electrons. The summed E-state index contributed by atoms with van der Waals surface area (Å²) in [5.41, 5.74) is 5.51. The van der Waals surface area contributed by atoms with E-state index in [0.717, 1.165) is 18.0 Å². The Hall–Kier alpha value is -1.41. The number of amides is 1. The number of nitrogens with zero attached hydrogens (tertiary/aromatic N) is 3. The van der Waals surface area contributed by atoms with Crippen LogP contribution < -0.4 is 11.1 Å². The Balaban J connectivity index is 1.74. The smallest absolute Gasteiger partial charge is 0.409 e. The minimum Gasteiger partial charge on any atom is -0.450 e. The monoisotopic (exact) mass is 271 g/mol. The molecule has 1 amide bonds. The van der Waals surface area contributed by atoms with Gasteiger partial charge in [0.1, 0.15) is 5.01 Å². The maximum absolute atomic E-state index is 11.5. The SMILES string of the molecule is CCOC(=O)N1CC[C@@H](NCc2nnc(N)s2)C1. The highest BCUT2D eigenvalue weighted by atomic mass is 32.1. The van der Waals surface area contributed by atoms with Crippen molar-refractivity contribution < 1.29 is 9.53 Å². The summed E-state index contributed by atoms with van der Waals surface area (Å²) in [4.78, 5) is 13.2. The molecule has 1 aliphatic heterocycles. The van der Waals surface area contributed by atoms with Gasteiger partial charge in [0, 0.05) is 19.1 Å². The second-order valence-electron chi connectivity index (χ2n) is 4.05. The first kappa shape index (κ1) is 13.0. The Morgan fingerprint density at radius 2 is 2.50 bits per heavy atom. The van der Waals surface area contributed by atoms with Gasteiger partial charge in [0.15, 0.2) is 0 Å². The molecule has 0 unspecified atom stereocenters. The molecule has 1 atom stereocenters. The zero-order valence-electron chi connectivity index (χ0n) is 10.3. The van der Waals surface area contributed by atoms with Gasteiger partial charge in [-0.25, -0.2) is 4.79 Å². The minimum atomic E-state index is -0.234. The first-order valence-electron chi connectivity index (χ1n) is 5.92. The van der Waals surface area contributed by atoms with Crippen molar-refractivity contribution in [3.63, 3.8) is 0 Å². The lowest BCUT2D eigenvalue weighted by molar-refractivity contribution is 0.115. The van der Waals surface area contributed by atoms with Crippen LogP contribution in [0.2, 0.25) is 0 Å². The van der Waals surface area contributed by atoms with Crippen LogP contribution in [0.15, 0.2) is 0 Å². The molecule has 1 fully saturated rings. The molecule has 8 heteroatoms. The Morgan fingerprint density at radius 3 is 3.17 bits per heavy atom. The van der Waals surface area contributed by atoms with Gasteiger partial charge in [-0.15, -0.1) is 10.2 Å². The molecule has 7 nitrogen and oxygen atoms in total. The van der Waals surface area contributed by atoms with E-state index in [2.05, 4.69) is 15.5 Å². The molecule has 0 spiro atoms. The number of anilines is 1. The van der Waals surface area contributed by atoms with Crippen molar-refractivity contribution in [2.24, 2.45) is 0 Å². The lowest BCUT2D eigenvalue weighted by Crippen LogP contribution is -2.35. The highest BCUT2D eigenvalue weighted by Gasteiger charge is 2.26. The van der Waals surface area contributed by atoms with Gasteiger partial charge < -0.3 is 20.7 Å². The largest absolute Gasteiger partial charge is 0.450 e. The Bertz CT molecular complexity index is 411. The van der Waals surface area contributed by atoms with E-state index in [4.69, 9.17) is 10.5 Å². The van der Waals surface area contributed by atoms with Gasteiger partial charge in [0.2, 0.25) is 5.13 Å². The van der Waals surface area contributed by atoms with Gasteiger partial charge in [-0.05, 0) is 13.3 Å². The minimum absolute atomic E-state index is 0.234. The number of rotatable bonds is 4. The number of hydrogen-bond donors (Lipinski definition) is 2. The van der Waals surface area contributed by atoms with Crippen LogP contribution in [0.5, 0.6) is 0 Å². The number of nitrogens with two attached hydrogens (primary N) is 1. The molecular formula is C10H17N5O2S. The summed E-state index contributed by atoms with van der Waals surface area (Å²) < 4.78 is 4.96. The van der Waals surface area contributed by atoms with Crippen molar-refractivity contribution in [3.05, 3.63) is 5.01 Å². The summed E-state index contributed by atoms with van der Waals surface area (Å²) >= 11 is 1.37. The summed E-state index contributed by atoms with van der Waals surface area (Å²) in [5, 5.41) is 12.4. The molecular weight excluding hydrogens is 254 g/mol. The van der Waals surface area contributed by atoms with Gasteiger partial charge in [0.25, 0.3) is 0 Å². The summed E-state index contributed by atoms with van der Waals surface area (Å²) in [6, 6.07) is 0.277. The molecule has 2 heterocycles. The molecule has 1 saturated heterocycles. The average molecular weight is 271 g/mol. The quantitative estimate of drug-likeness (QED) is 0.825. The summed E-state index contributed by atoms with van der Waals surface area (Å²) in [6.07, 6.45) is 0.689. The van der Waals surface area contributed by atoms with E-state index in [9.17, 15) is 4.79 Å². The number of likely N-dealkylation sites (tertiary alicyclic amines) is 1. The van der Waals surface area contributed by atoms with Crippen LogP contribution in [0.3, 0.4) is 0 Å². The van der Waals surface area contributed by atoms with E-state index in [-0.39, 0.29) is 12.1 Å². The van der Waals surface area contributed by atoms with Crippen molar-refractivity contribution in [1.29, 1.82) is 0 Å². The molecule has 3 N–H and O–H groups in total. The number of nitrogens with one attached hydrogen (secondary N) is 1. The van der Waals surface area contributed by atoms with Crippen LogP contribution in [0.25, 0.3) is 0 Å². The maximum Gasteiger partial charge on any atom is 0.409 e. The van der Waals surface area contributed by atoms with Crippen molar-refractivity contribution in [3.8, 4) is 0 Å². The fourth-order valence-corrected chi connectivity index (χ4v) is 2.44. The van der Waals surface area contributed by atoms with E-state index in [1.54, 1.807) is 4.90 Å². The number of hydrogen-bond acceptors (Lipinski definition) is 7. The van der Waals surface area contributed by atoms with Crippen LogP contribution in [-0.4, -0.2) is 46.9 Å². The lowest BCUT2D eigenvalue weighted by Gasteiger charge is -2.15. The van der Waals surface area contributed by atoms with Gasteiger partial charge in [-0.1, -0.05) is 11.3 Å². The van der Waals surface area contributed by atoms with Crippen LogP contribution in [0.4, 0.5) is 9.93 Å². The van der Waals surface area contributed by atoms with Crippen LogP contribution in [0.1, 0.15) is 18.4 Å². The second kappa shape index (κ2) is 5.96. The summed E-state index contributed by atoms with van der Waals surface area (Å²) in [6.45, 7) is 4.26. The molecule has 0 aliphatic carbocycles. The fraction of sp³-hybridized carbons (Fsp3) is 0.700. The maximum atomic E-state index is 11.5. The van der Waals surface area contributed by atoms with Crippen LogP contribution in [-0.2, 0) is 11.3 Å². The summed E-state index contributed by atoms with van der Waals surface area (Å²) in [5.74, 6) is 0. The highest BCUT2D eigenvalue weighted by molar-refractivity contribution is 7.15. The van der Waals surface area contributed by atoms with Crippen LogP contribution >= 0.6 is 11.3 Å². The predicted molar refractivity (Wildman–Crippen MR) is 68.2 cm³/mol. The van der Waals surface area contributed by atoms with E-state index in [1.807, 2.05) is 6.92 Å². The molecule has 18 heavy (non-hydrogen) atoms. The van der Waals surface area contributed by atoms with E-state index >= 15 is 0 Å². The van der Waals surface area contributed by atoms with E-state index in [1.165, 1.54) is 11.3 Å². The van der Waals surface area contributed by atoms with Gasteiger partial charge in [-0.2, -0.15) is 0 Å². The third-order valence-corrected chi connectivity index (χ3v) is 3.49.